The van der Waals surface area contributed by atoms with Gasteiger partial charge in [-0.3, -0.25) is 4.79 Å². The fourth-order valence-electron chi connectivity index (χ4n) is 2.16. The van der Waals surface area contributed by atoms with Crippen LogP contribution in [0.4, 0.5) is 0 Å². The van der Waals surface area contributed by atoms with Crippen LogP contribution in [0, 0.1) is 0 Å². The van der Waals surface area contributed by atoms with Crippen molar-refractivity contribution in [1.29, 1.82) is 0 Å². The van der Waals surface area contributed by atoms with Crippen LogP contribution in [0.1, 0.15) is 29.8 Å². The van der Waals surface area contributed by atoms with Gasteiger partial charge in [-0.1, -0.05) is 12.1 Å². The number of nitrogens with one attached hydrogen (secondary N) is 2. The Kier molecular flexibility index (Phi) is 4.75. The van der Waals surface area contributed by atoms with Crippen molar-refractivity contribution in [3.63, 3.8) is 0 Å². The summed E-state index contributed by atoms with van der Waals surface area (Å²) in [5.41, 5.74) is 1.81. The predicted octanol–water partition coefficient (Wildman–Crippen LogP) is 1.29. The second-order valence-corrected chi connectivity index (χ2v) is 5.36. The topological polar surface area (TPSA) is 59.6 Å². The molecule has 1 saturated heterocycles. The quantitative estimate of drug-likeness (QED) is 0.852. The fraction of sp³-hybridized carbons (Fsp3) is 0.533. The maximum atomic E-state index is 11.4. The van der Waals surface area contributed by atoms with E-state index in [0.717, 1.165) is 18.7 Å². The molecule has 1 aromatic carbocycles. The zero-order valence-electron chi connectivity index (χ0n) is 12.2. The van der Waals surface area contributed by atoms with Crippen molar-refractivity contribution >= 4 is 5.91 Å². The number of carbonyl (C=O) groups excluding carboxylic acids is 1. The molecular weight excluding hydrogens is 256 g/mol. The Bertz CT molecular complexity index is 457. The smallest absolute Gasteiger partial charge is 0.251 e. The van der Waals surface area contributed by atoms with E-state index in [4.69, 9.17) is 9.47 Å². The number of hydrogen-bond acceptors (Lipinski definition) is 4. The molecule has 2 N–H and O–H groups in total. The Labute approximate surface area is 119 Å². The molecule has 5 nitrogen and oxygen atoms in total. The van der Waals surface area contributed by atoms with Crippen molar-refractivity contribution in [2.75, 3.05) is 20.2 Å². The highest BCUT2D eigenvalue weighted by molar-refractivity contribution is 5.93. The van der Waals surface area contributed by atoms with Crippen LogP contribution in [0.3, 0.4) is 0 Å². The van der Waals surface area contributed by atoms with E-state index < -0.39 is 5.79 Å². The molecule has 0 aliphatic carbocycles. The van der Waals surface area contributed by atoms with Gasteiger partial charge in [0.05, 0.1) is 12.7 Å². The van der Waals surface area contributed by atoms with Gasteiger partial charge in [0.1, 0.15) is 0 Å². The number of hydrogen-bond donors (Lipinski definition) is 2. The summed E-state index contributed by atoms with van der Waals surface area (Å²) >= 11 is 0. The van der Waals surface area contributed by atoms with E-state index in [-0.39, 0.29) is 12.0 Å². The van der Waals surface area contributed by atoms with Crippen LogP contribution in [0.15, 0.2) is 24.3 Å². The summed E-state index contributed by atoms with van der Waals surface area (Å²) in [6, 6.07) is 7.56. The first-order chi connectivity index (χ1) is 9.50. The van der Waals surface area contributed by atoms with E-state index in [1.54, 1.807) is 7.05 Å². The SMILES string of the molecule is CNC(=O)c1ccc(CNCC2COC(C)(C)O2)cc1. The van der Waals surface area contributed by atoms with Crippen LogP contribution in [0.25, 0.3) is 0 Å². The lowest BCUT2D eigenvalue weighted by Crippen LogP contribution is -2.30. The van der Waals surface area contributed by atoms with Crippen LogP contribution in [0.2, 0.25) is 0 Å². The van der Waals surface area contributed by atoms with Crippen molar-refractivity contribution < 1.29 is 14.3 Å². The average Bonchev–Trinajstić information content (AvgIpc) is 2.78. The molecule has 0 spiro atoms. The minimum Gasteiger partial charge on any atom is -0.355 e. The van der Waals surface area contributed by atoms with Gasteiger partial charge >= 0.3 is 0 Å². The standard InChI is InChI=1S/C15H22N2O3/c1-15(2)19-10-13(20-15)9-17-8-11-4-6-12(7-5-11)14(18)16-3/h4-7,13,17H,8-10H2,1-3H3,(H,16,18). The molecule has 1 aliphatic heterocycles. The molecule has 110 valence electrons. The second kappa shape index (κ2) is 6.35. The van der Waals surface area contributed by atoms with E-state index in [0.29, 0.717) is 12.2 Å². The monoisotopic (exact) mass is 278 g/mol. The van der Waals surface area contributed by atoms with Crippen LogP contribution in [-0.2, 0) is 16.0 Å². The third kappa shape index (κ3) is 4.03. The second-order valence-electron chi connectivity index (χ2n) is 5.36. The summed E-state index contributed by atoms with van der Waals surface area (Å²) in [6.07, 6.45) is 0.0927. The largest absolute Gasteiger partial charge is 0.355 e. The van der Waals surface area contributed by atoms with Gasteiger partial charge < -0.3 is 20.1 Å². The summed E-state index contributed by atoms with van der Waals surface area (Å²) in [7, 11) is 1.63. The Morgan fingerprint density at radius 3 is 2.60 bits per heavy atom. The molecule has 0 radical (unpaired) electrons. The first kappa shape index (κ1) is 15.0. The zero-order valence-corrected chi connectivity index (χ0v) is 12.2. The highest BCUT2D eigenvalue weighted by Crippen LogP contribution is 2.21. The van der Waals surface area contributed by atoms with Crippen molar-refractivity contribution in [3.05, 3.63) is 35.4 Å². The van der Waals surface area contributed by atoms with Crippen molar-refractivity contribution in [2.24, 2.45) is 0 Å². The fourth-order valence-corrected chi connectivity index (χ4v) is 2.16. The number of carbonyl (C=O) groups is 1. The van der Waals surface area contributed by atoms with Gasteiger partial charge in [-0.2, -0.15) is 0 Å². The molecule has 0 bridgehead atoms. The van der Waals surface area contributed by atoms with Gasteiger partial charge in [0.2, 0.25) is 0 Å². The molecule has 1 fully saturated rings. The van der Waals surface area contributed by atoms with E-state index >= 15 is 0 Å². The minimum atomic E-state index is -0.471. The Balaban J connectivity index is 1.76. The Hall–Kier alpha value is -1.43. The minimum absolute atomic E-state index is 0.0664. The van der Waals surface area contributed by atoms with Crippen LogP contribution in [-0.4, -0.2) is 38.0 Å². The normalized spacial score (nSPS) is 20.9. The third-order valence-electron chi connectivity index (χ3n) is 3.21. The number of rotatable bonds is 5. The molecule has 20 heavy (non-hydrogen) atoms. The van der Waals surface area contributed by atoms with Gasteiger partial charge in [-0.15, -0.1) is 0 Å². The van der Waals surface area contributed by atoms with Gasteiger partial charge in [-0.25, -0.2) is 0 Å². The average molecular weight is 278 g/mol. The van der Waals surface area contributed by atoms with Gasteiger partial charge in [0, 0.05) is 25.7 Å². The lowest BCUT2D eigenvalue weighted by atomic mass is 10.1. The number of ether oxygens (including phenoxy) is 2. The van der Waals surface area contributed by atoms with Crippen molar-refractivity contribution in [1.82, 2.24) is 10.6 Å². The molecule has 1 heterocycles. The van der Waals surface area contributed by atoms with Crippen LogP contribution < -0.4 is 10.6 Å². The van der Waals surface area contributed by atoms with Crippen LogP contribution >= 0.6 is 0 Å². The Morgan fingerprint density at radius 2 is 2.05 bits per heavy atom. The molecule has 1 amide bonds. The molecule has 2 rings (SSSR count). The van der Waals surface area contributed by atoms with E-state index in [1.165, 1.54) is 0 Å². The van der Waals surface area contributed by atoms with Gasteiger partial charge in [0.15, 0.2) is 5.79 Å². The lowest BCUT2D eigenvalue weighted by molar-refractivity contribution is -0.137. The first-order valence-electron chi connectivity index (χ1n) is 6.84. The van der Waals surface area contributed by atoms with Gasteiger partial charge in [0.25, 0.3) is 5.91 Å². The summed E-state index contributed by atoms with van der Waals surface area (Å²) in [6.45, 7) is 5.96. The van der Waals surface area contributed by atoms with Crippen LogP contribution in [0.5, 0.6) is 0 Å². The highest BCUT2D eigenvalue weighted by atomic mass is 16.7. The van der Waals surface area contributed by atoms with Crippen molar-refractivity contribution in [3.8, 4) is 0 Å². The molecule has 0 aromatic heterocycles. The maximum Gasteiger partial charge on any atom is 0.251 e. The number of amides is 1. The molecule has 1 aliphatic rings. The van der Waals surface area contributed by atoms with E-state index in [9.17, 15) is 4.79 Å². The summed E-state index contributed by atoms with van der Waals surface area (Å²) in [5, 5.41) is 5.94. The maximum absolute atomic E-state index is 11.4. The predicted molar refractivity (Wildman–Crippen MR) is 76.4 cm³/mol. The summed E-state index contributed by atoms with van der Waals surface area (Å²) < 4.78 is 11.2. The molecule has 1 aromatic rings. The lowest BCUT2D eigenvalue weighted by Gasteiger charge is -2.17. The van der Waals surface area contributed by atoms with E-state index in [2.05, 4.69) is 10.6 Å². The summed E-state index contributed by atoms with van der Waals surface area (Å²) in [4.78, 5) is 11.4. The highest BCUT2D eigenvalue weighted by Gasteiger charge is 2.32. The van der Waals surface area contributed by atoms with Gasteiger partial charge in [-0.05, 0) is 31.5 Å². The van der Waals surface area contributed by atoms with Crippen molar-refractivity contribution in [2.45, 2.75) is 32.3 Å². The number of benzene rings is 1. The molecule has 1 atom stereocenters. The molecule has 5 heteroatoms. The zero-order chi connectivity index (χ0) is 14.6. The van der Waals surface area contributed by atoms with E-state index in [1.807, 2.05) is 38.1 Å². The third-order valence-corrected chi connectivity index (χ3v) is 3.21. The Morgan fingerprint density at radius 1 is 1.35 bits per heavy atom. The molecular formula is C15H22N2O3. The summed E-state index contributed by atoms with van der Waals surface area (Å²) in [5.74, 6) is -0.537. The first-order valence-corrected chi connectivity index (χ1v) is 6.84. The molecule has 1 unspecified atom stereocenters. The molecule has 0 saturated carbocycles.